The number of nitrogens with zero attached hydrogens (tertiary/aromatic N) is 2. The van der Waals surface area contributed by atoms with Crippen LogP contribution >= 0.6 is 23.1 Å². The van der Waals surface area contributed by atoms with Crippen molar-refractivity contribution >= 4 is 45.2 Å². The van der Waals surface area contributed by atoms with E-state index in [1.165, 1.54) is 23.6 Å². The Morgan fingerprint density at radius 1 is 1.55 bits per heavy atom. The number of aromatic carboxylic acids is 1. The fourth-order valence-corrected chi connectivity index (χ4v) is 3.64. The van der Waals surface area contributed by atoms with Crippen LogP contribution in [0.1, 0.15) is 28.7 Å². The zero-order valence-electron chi connectivity index (χ0n) is 11.1. The number of anilines is 1. The Morgan fingerprint density at radius 3 is 2.80 bits per heavy atom. The minimum Gasteiger partial charge on any atom is -0.477 e. The summed E-state index contributed by atoms with van der Waals surface area (Å²) in [5.41, 5.74) is 0.423. The molecule has 2 rings (SSSR count). The molecular formula is C12H14N2O4S2. The minimum atomic E-state index is -1.03. The van der Waals surface area contributed by atoms with Crippen molar-refractivity contribution in [2.75, 3.05) is 17.2 Å². The number of aryl methyl sites for hydroxylation is 1. The summed E-state index contributed by atoms with van der Waals surface area (Å²) in [7, 11) is 0. The number of carboxylic acid groups (broad SMARTS) is 1. The maximum absolute atomic E-state index is 12.0. The Morgan fingerprint density at radius 2 is 2.25 bits per heavy atom. The predicted octanol–water partition coefficient (Wildman–Crippen LogP) is 1.78. The van der Waals surface area contributed by atoms with Crippen molar-refractivity contribution in [2.45, 2.75) is 20.3 Å². The van der Waals surface area contributed by atoms with Crippen LogP contribution in [0.2, 0.25) is 0 Å². The number of hydrogen-bond acceptors (Lipinski definition) is 6. The lowest BCUT2D eigenvalue weighted by atomic mass is 10.1. The molecule has 0 spiro atoms. The Hall–Kier alpha value is -1.41. The first-order chi connectivity index (χ1) is 9.38. The van der Waals surface area contributed by atoms with E-state index in [1.54, 1.807) is 6.92 Å². The van der Waals surface area contributed by atoms with E-state index in [4.69, 9.17) is 5.11 Å². The van der Waals surface area contributed by atoms with Crippen molar-refractivity contribution < 1.29 is 19.5 Å². The highest BCUT2D eigenvalue weighted by molar-refractivity contribution is 8.13. The number of hydrogen-bond donors (Lipinski definition) is 1. The van der Waals surface area contributed by atoms with Gasteiger partial charge < -0.3 is 5.11 Å². The zero-order valence-corrected chi connectivity index (χ0v) is 12.7. The highest BCUT2D eigenvalue weighted by Crippen LogP contribution is 2.32. The number of carbonyl (C=O) groups excluding carboxylic acids is 2. The third kappa shape index (κ3) is 3.18. The first-order valence-corrected chi connectivity index (χ1v) is 7.83. The molecule has 0 aromatic carbocycles. The molecule has 1 fully saturated rings. The van der Waals surface area contributed by atoms with Gasteiger partial charge in [0.05, 0.1) is 5.69 Å². The molecule has 0 radical (unpaired) electrons. The molecule has 8 heteroatoms. The van der Waals surface area contributed by atoms with Crippen LogP contribution in [-0.2, 0) is 9.59 Å². The van der Waals surface area contributed by atoms with Crippen molar-refractivity contribution in [3.05, 3.63) is 10.6 Å². The average molecular weight is 314 g/mol. The third-order valence-electron chi connectivity index (χ3n) is 2.94. The molecule has 0 bridgehead atoms. The molecule has 1 aromatic heterocycles. The fraction of sp³-hybridized carbons (Fsp3) is 0.500. The Bertz CT molecular complexity index is 570. The normalized spacial score (nSPS) is 18.6. The summed E-state index contributed by atoms with van der Waals surface area (Å²) in [6.45, 7) is 3.61. The lowest BCUT2D eigenvalue weighted by Crippen LogP contribution is -2.24. The van der Waals surface area contributed by atoms with E-state index < -0.39 is 5.97 Å². The highest BCUT2D eigenvalue weighted by Gasteiger charge is 2.33. The molecule has 1 aliphatic heterocycles. The van der Waals surface area contributed by atoms with Crippen molar-refractivity contribution in [2.24, 2.45) is 5.92 Å². The Balaban J connectivity index is 2.10. The predicted molar refractivity (Wildman–Crippen MR) is 77.4 cm³/mol. The Labute approximate surface area is 124 Å². The second-order valence-corrected chi connectivity index (χ2v) is 6.77. The van der Waals surface area contributed by atoms with Crippen LogP contribution in [0, 0.1) is 12.8 Å². The quantitative estimate of drug-likeness (QED) is 0.911. The molecule has 1 unspecified atom stereocenters. The van der Waals surface area contributed by atoms with Gasteiger partial charge in [0, 0.05) is 25.6 Å². The number of aromatic nitrogens is 1. The maximum atomic E-state index is 12.0. The van der Waals surface area contributed by atoms with E-state index in [0.29, 0.717) is 29.5 Å². The molecule has 1 atom stereocenters. The number of carboxylic acids is 1. The number of thiazole rings is 1. The van der Waals surface area contributed by atoms with Crippen molar-refractivity contribution in [3.8, 4) is 0 Å². The van der Waals surface area contributed by atoms with E-state index in [-0.39, 0.29) is 21.8 Å². The molecule has 1 N–H and O–H groups in total. The largest absolute Gasteiger partial charge is 0.477 e. The minimum absolute atomic E-state index is 0.0363. The molecule has 1 aromatic rings. The van der Waals surface area contributed by atoms with E-state index >= 15 is 0 Å². The van der Waals surface area contributed by atoms with E-state index in [9.17, 15) is 14.4 Å². The first-order valence-electron chi connectivity index (χ1n) is 6.03. The van der Waals surface area contributed by atoms with Gasteiger partial charge >= 0.3 is 5.97 Å². The van der Waals surface area contributed by atoms with Gasteiger partial charge in [-0.25, -0.2) is 9.78 Å². The van der Waals surface area contributed by atoms with E-state index in [1.807, 2.05) is 0 Å². The van der Waals surface area contributed by atoms with Gasteiger partial charge in [-0.05, 0) is 12.8 Å². The van der Waals surface area contributed by atoms with Gasteiger partial charge in [-0.3, -0.25) is 14.5 Å². The molecular weight excluding hydrogens is 300 g/mol. The van der Waals surface area contributed by atoms with Crippen molar-refractivity contribution in [3.63, 3.8) is 0 Å². The molecule has 0 aliphatic carbocycles. The van der Waals surface area contributed by atoms with Gasteiger partial charge in [0.1, 0.15) is 4.88 Å². The van der Waals surface area contributed by atoms with Crippen LogP contribution in [-0.4, -0.2) is 39.4 Å². The van der Waals surface area contributed by atoms with Gasteiger partial charge in [0.2, 0.25) is 5.91 Å². The number of amides is 1. The van der Waals surface area contributed by atoms with Crippen LogP contribution in [0.3, 0.4) is 0 Å². The fourth-order valence-electron chi connectivity index (χ4n) is 2.01. The smallest absolute Gasteiger partial charge is 0.347 e. The van der Waals surface area contributed by atoms with E-state index in [2.05, 4.69) is 4.98 Å². The zero-order chi connectivity index (χ0) is 14.9. The first kappa shape index (κ1) is 15.0. The summed E-state index contributed by atoms with van der Waals surface area (Å²) in [5, 5.41) is 9.48. The molecule has 6 nitrogen and oxygen atoms in total. The molecule has 1 saturated heterocycles. The number of carbonyl (C=O) groups is 3. The van der Waals surface area contributed by atoms with Gasteiger partial charge in [0.15, 0.2) is 10.2 Å². The molecule has 0 saturated carbocycles. The summed E-state index contributed by atoms with van der Waals surface area (Å²) < 4.78 is 0. The molecule has 1 aliphatic rings. The summed E-state index contributed by atoms with van der Waals surface area (Å²) in [6.07, 6.45) is 0.376. The number of rotatable bonds is 4. The lowest BCUT2D eigenvalue weighted by molar-refractivity contribution is -0.117. The Kier molecular flexibility index (Phi) is 4.44. The third-order valence-corrected chi connectivity index (χ3v) is 5.15. The average Bonchev–Trinajstić information content (AvgIpc) is 2.90. The highest BCUT2D eigenvalue weighted by atomic mass is 32.2. The monoisotopic (exact) mass is 314 g/mol. The second kappa shape index (κ2) is 5.92. The summed E-state index contributed by atoms with van der Waals surface area (Å²) in [4.78, 5) is 39.8. The molecule has 2 heterocycles. The van der Waals surface area contributed by atoms with Crippen LogP contribution in [0.5, 0.6) is 0 Å². The molecule has 108 valence electrons. The number of thioether (sulfide) groups is 1. The van der Waals surface area contributed by atoms with Crippen LogP contribution in [0.25, 0.3) is 0 Å². The molecule has 1 amide bonds. The summed E-state index contributed by atoms with van der Waals surface area (Å²) in [5.74, 6) is -0.381. The summed E-state index contributed by atoms with van der Waals surface area (Å²) in [6, 6.07) is 0. The van der Waals surface area contributed by atoms with Crippen LogP contribution < -0.4 is 4.90 Å². The van der Waals surface area contributed by atoms with Gasteiger partial charge in [0.25, 0.3) is 0 Å². The van der Waals surface area contributed by atoms with Gasteiger partial charge in [-0.2, -0.15) is 0 Å². The van der Waals surface area contributed by atoms with Crippen molar-refractivity contribution in [1.82, 2.24) is 4.98 Å². The van der Waals surface area contributed by atoms with Crippen LogP contribution in [0.4, 0.5) is 5.13 Å². The molecule has 20 heavy (non-hydrogen) atoms. The maximum Gasteiger partial charge on any atom is 0.347 e. The summed E-state index contributed by atoms with van der Waals surface area (Å²) >= 11 is 2.23. The SMILES string of the molecule is CC(=O)SCC1CC(=O)N(c2nc(C)c(C(=O)O)s2)C1. The lowest BCUT2D eigenvalue weighted by Gasteiger charge is -2.12. The standard InChI is InChI=1S/C12H14N2O4S2/c1-6-10(11(17)18)20-12(13-6)14-4-8(3-9(14)16)5-19-7(2)15/h8H,3-5H2,1-2H3,(H,17,18). The van der Waals surface area contributed by atoms with Gasteiger partial charge in [-0.15, -0.1) is 0 Å². The van der Waals surface area contributed by atoms with Crippen molar-refractivity contribution in [1.29, 1.82) is 0 Å². The topological polar surface area (TPSA) is 87.6 Å². The second-order valence-electron chi connectivity index (χ2n) is 4.59. The van der Waals surface area contributed by atoms with Crippen LogP contribution in [0.15, 0.2) is 0 Å². The van der Waals surface area contributed by atoms with E-state index in [0.717, 1.165) is 11.3 Å². The van der Waals surface area contributed by atoms with Gasteiger partial charge in [-0.1, -0.05) is 23.1 Å².